The topological polar surface area (TPSA) is 3.24 Å². The van der Waals surface area contributed by atoms with E-state index in [1.165, 1.54) is 63.7 Å². The number of piperidine rings is 3. The van der Waals surface area contributed by atoms with Crippen LogP contribution in [-0.2, 0) is 5.41 Å². The van der Waals surface area contributed by atoms with E-state index in [9.17, 15) is 0 Å². The van der Waals surface area contributed by atoms with Crippen molar-refractivity contribution in [1.82, 2.24) is 4.90 Å². The van der Waals surface area contributed by atoms with Crippen LogP contribution < -0.4 is 0 Å². The molecule has 1 aromatic carbocycles. The Morgan fingerprint density at radius 1 is 1.00 bits per heavy atom. The van der Waals surface area contributed by atoms with Gasteiger partial charge in [0, 0.05) is 0 Å². The van der Waals surface area contributed by atoms with Crippen LogP contribution in [0.3, 0.4) is 0 Å². The molecule has 0 aromatic heterocycles. The van der Waals surface area contributed by atoms with Gasteiger partial charge in [0.25, 0.3) is 0 Å². The monoisotopic (exact) mass is 271 g/mol. The molecule has 0 atom stereocenters. The maximum Gasteiger partial charge on any atom is -0.00134 e. The zero-order valence-electron chi connectivity index (χ0n) is 13.2. The lowest BCUT2D eigenvalue weighted by Gasteiger charge is -2.49. The molecule has 0 aliphatic carbocycles. The Kier molecular flexibility index (Phi) is 3.90. The summed E-state index contributed by atoms with van der Waals surface area (Å²) in [6.07, 6.45) is 8.54. The largest absolute Gasteiger partial charge is 0.303 e. The Bertz CT molecular complexity index is 413. The smallest absolute Gasteiger partial charge is 0.00134 e. The zero-order valence-corrected chi connectivity index (χ0v) is 13.2. The van der Waals surface area contributed by atoms with Crippen molar-refractivity contribution in [2.45, 2.75) is 57.8 Å². The molecule has 0 amide bonds. The minimum Gasteiger partial charge on any atom is -0.303 e. The van der Waals surface area contributed by atoms with Crippen molar-refractivity contribution < 1.29 is 0 Å². The Morgan fingerprint density at radius 3 is 2.20 bits per heavy atom. The summed E-state index contributed by atoms with van der Waals surface area (Å²) in [4.78, 5) is 2.65. The molecule has 3 fully saturated rings. The van der Waals surface area contributed by atoms with E-state index in [1.54, 1.807) is 0 Å². The van der Waals surface area contributed by atoms with Gasteiger partial charge >= 0.3 is 0 Å². The van der Waals surface area contributed by atoms with Gasteiger partial charge in [0.05, 0.1) is 0 Å². The first-order chi connectivity index (χ1) is 9.60. The molecule has 4 rings (SSSR count). The number of hydrogen-bond acceptors (Lipinski definition) is 1. The molecule has 1 heteroatoms. The van der Waals surface area contributed by atoms with Gasteiger partial charge in [-0.3, -0.25) is 0 Å². The van der Waals surface area contributed by atoms with E-state index in [0.29, 0.717) is 10.8 Å². The molecule has 0 N–H and O–H groups in total. The van der Waals surface area contributed by atoms with Crippen LogP contribution >= 0.6 is 0 Å². The third-order valence-corrected chi connectivity index (χ3v) is 5.94. The fourth-order valence-electron chi connectivity index (χ4n) is 4.21. The molecular formula is C19H29N. The molecule has 110 valence electrons. The van der Waals surface area contributed by atoms with Crippen LogP contribution in [-0.4, -0.2) is 24.5 Å². The van der Waals surface area contributed by atoms with Crippen molar-refractivity contribution in [2.75, 3.05) is 19.6 Å². The van der Waals surface area contributed by atoms with E-state index >= 15 is 0 Å². The Balaban J connectivity index is 1.54. The van der Waals surface area contributed by atoms with Gasteiger partial charge in [-0.05, 0) is 68.1 Å². The summed E-state index contributed by atoms with van der Waals surface area (Å²) in [6, 6.07) is 11.0. The Morgan fingerprint density at radius 2 is 1.60 bits per heavy atom. The number of rotatable bonds is 5. The highest BCUT2D eigenvalue weighted by molar-refractivity contribution is 5.23. The molecule has 0 unspecified atom stereocenters. The highest BCUT2D eigenvalue weighted by atomic mass is 15.1. The summed E-state index contributed by atoms with van der Waals surface area (Å²) in [5.74, 6) is 0. The maximum absolute atomic E-state index is 2.65. The van der Waals surface area contributed by atoms with Crippen LogP contribution in [0.2, 0.25) is 0 Å². The van der Waals surface area contributed by atoms with Crippen molar-refractivity contribution >= 4 is 0 Å². The van der Waals surface area contributed by atoms with Crippen molar-refractivity contribution in [3.8, 4) is 0 Å². The molecule has 3 aliphatic heterocycles. The summed E-state index contributed by atoms with van der Waals surface area (Å²) >= 11 is 0. The van der Waals surface area contributed by atoms with E-state index in [2.05, 4.69) is 49.1 Å². The molecule has 3 heterocycles. The van der Waals surface area contributed by atoms with Crippen molar-refractivity contribution in [3.63, 3.8) is 0 Å². The van der Waals surface area contributed by atoms with Crippen molar-refractivity contribution in [1.29, 1.82) is 0 Å². The Labute approximate surface area is 124 Å². The molecule has 1 aromatic rings. The van der Waals surface area contributed by atoms with E-state index in [0.717, 1.165) is 0 Å². The van der Waals surface area contributed by atoms with E-state index in [1.807, 2.05) is 0 Å². The van der Waals surface area contributed by atoms with Crippen LogP contribution in [0.25, 0.3) is 0 Å². The lowest BCUT2D eigenvalue weighted by Crippen LogP contribution is -2.48. The van der Waals surface area contributed by atoms with Gasteiger partial charge in [-0.2, -0.15) is 0 Å². The van der Waals surface area contributed by atoms with Gasteiger partial charge in [-0.15, -0.1) is 0 Å². The van der Waals surface area contributed by atoms with Crippen LogP contribution in [0.15, 0.2) is 30.3 Å². The fraction of sp³-hybridized carbons (Fsp3) is 0.684. The normalized spacial score (nSPS) is 29.6. The molecule has 1 nitrogen and oxygen atoms in total. The highest BCUT2D eigenvalue weighted by Gasteiger charge is 2.38. The minimum atomic E-state index is 0.327. The molecule has 3 saturated heterocycles. The first kappa shape index (κ1) is 14.1. The Hall–Kier alpha value is -0.820. The fourth-order valence-corrected chi connectivity index (χ4v) is 4.21. The molecule has 20 heavy (non-hydrogen) atoms. The summed E-state index contributed by atoms with van der Waals surface area (Å²) in [6.45, 7) is 8.90. The SMILES string of the molecule is CC(C)(CCCC12CCN(CC1)CC2)c1ccccc1. The van der Waals surface area contributed by atoms with E-state index in [4.69, 9.17) is 0 Å². The molecular weight excluding hydrogens is 242 g/mol. The molecule has 0 saturated carbocycles. The van der Waals surface area contributed by atoms with Crippen LogP contribution in [0.1, 0.15) is 57.9 Å². The summed E-state index contributed by atoms with van der Waals surface area (Å²) < 4.78 is 0. The minimum absolute atomic E-state index is 0.327. The molecule has 2 bridgehead atoms. The summed E-state index contributed by atoms with van der Waals surface area (Å²) in [7, 11) is 0. The average molecular weight is 271 g/mol. The van der Waals surface area contributed by atoms with Gasteiger partial charge in [0.1, 0.15) is 0 Å². The van der Waals surface area contributed by atoms with Crippen LogP contribution in [0, 0.1) is 5.41 Å². The number of nitrogens with zero attached hydrogens (tertiary/aromatic N) is 1. The molecule has 0 radical (unpaired) electrons. The number of fused-ring (bicyclic) bond motifs is 3. The summed E-state index contributed by atoms with van der Waals surface area (Å²) in [5.41, 5.74) is 2.53. The van der Waals surface area contributed by atoms with Crippen molar-refractivity contribution in [3.05, 3.63) is 35.9 Å². The second-order valence-corrected chi connectivity index (χ2v) is 7.70. The first-order valence-electron chi connectivity index (χ1n) is 8.38. The lowest BCUT2D eigenvalue weighted by molar-refractivity contribution is 0.0172. The van der Waals surface area contributed by atoms with Gasteiger partial charge in [-0.1, -0.05) is 50.6 Å². The van der Waals surface area contributed by atoms with Gasteiger partial charge in [0.15, 0.2) is 0 Å². The summed E-state index contributed by atoms with van der Waals surface area (Å²) in [5, 5.41) is 0. The van der Waals surface area contributed by atoms with E-state index < -0.39 is 0 Å². The first-order valence-corrected chi connectivity index (χ1v) is 8.38. The number of benzene rings is 1. The quantitative estimate of drug-likeness (QED) is 0.755. The maximum atomic E-state index is 2.65. The van der Waals surface area contributed by atoms with Crippen molar-refractivity contribution in [2.24, 2.45) is 5.41 Å². The zero-order chi connectivity index (χ0) is 14.1. The molecule has 0 spiro atoms. The number of hydrogen-bond donors (Lipinski definition) is 0. The van der Waals surface area contributed by atoms with Gasteiger partial charge < -0.3 is 4.90 Å². The van der Waals surface area contributed by atoms with Crippen LogP contribution in [0.5, 0.6) is 0 Å². The lowest BCUT2D eigenvalue weighted by atomic mass is 9.68. The third-order valence-electron chi connectivity index (χ3n) is 5.94. The standard InChI is InChI=1S/C19H29N/c1-18(2,17-7-4-3-5-8-17)9-6-10-19-11-14-20(15-12-19)16-13-19/h3-5,7-8H,6,9-16H2,1-2H3. The molecule has 3 aliphatic rings. The van der Waals surface area contributed by atoms with Gasteiger partial charge in [-0.25, -0.2) is 0 Å². The third kappa shape index (κ3) is 2.93. The van der Waals surface area contributed by atoms with E-state index in [-0.39, 0.29) is 0 Å². The second-order valence-electron chi connectivity index (χ2n) is 7.70. The van der Waals surface area contributed by atoms with Crippen LogP contribution in [0.4, 0.5) is 0 Å². The second kappa shape index (κ2) is 5.52. The average Bonchev–Trinajstić information content (AvgIpc) is 2.50. The van der Waals surface area contributed by atoms with Gasteiger partial charge in [0.2, 0.25) is 0 Å². The predicted octanol–water partition coefficient (Wildman–Crippen LogP) is 4.62. The highest BCUT2D eigenvalue weighted by Crippen LogP contribution is 2.44. The predicted molar refractivity (Wildman–Crippen MR) is 86.0 cm³/mol.